The molecule has 0 atom stereocenters. The van der Waals surface area contributed by atoms with E-state index in [1.54, 1.807) is 0 Å². The van der Waals surface area contributed by atoms with Crippen molar-refractivity contribution in [1.82, 2.24) is 4.98 Å². The van der Waals surface area contributed by atoms with Gasteiger partial charge in [-0.3, -0.25) is 10.1 Å². The zero-order valence-electron chi connectivity index (χ0n) is 10.2. The van der Waals surface area contributed by atoms with E-state index in [-0.39, 0.29) is 22.3 Å². The van der Waals surface area contributed by atoms with Gasteiger partial charge in [-0.05, 0) is 28.1 Å². The van der Waals surface area contributed by atoms with Gasteiger partial charge in [-0.1, -0.05) is 11.6 Å². The molecule has 0 saturated carbocycles. The van der Waals surface area contributed by atoms with Crippen LogP contribution in [0.3, 0.4) is 0 Å². The van der Waals surface area contributed by atoms with Crippen molar-refractivity contribution in [2.75, 3.05) is 10.7 Å². The van der Waals surface area contributed by atoms with Gasteiger partial charge in [0.05, 0.1) is 27.8 Å². The molecule has 0 fully saturated rings. The highest BCUT2D eigenvalue weighted by Gasteiger charge is 2.14. The van der Waals surface area contributed by atoms with Crippen LogP contribution in [0.1, 0.15) is 0 Å². The Morgan fingerprint density at radius 1 is 1.33 bits per heavy atom. The molecule has 2 aromatic rings. The molecule has 21 heavy (non-hydrogen) atoms. The van der Waals surface area contributed by atoms with Gasteiger partial charge >= 0.3 is 0 Å². The van der Waals surface area contributed by atoms with Crippen molar-refractivity contribution in [1.29, 1.82) is 0 Å². The Balaban J connectivity index is 2.44. The normalized spacial score (nSPS) is 10.3. The molecule has 0 bridgehead atoms. The lowest BCUT2D eigenvalue weighted by Crippen LogP contribution is -2.10. The fraction of sp³-hybridized carbons (Fsp3) is 0. The van der Waals surface area contributed by atoms with Crippen molar-refractivity contribution >= 4 is 50.5 Å². The van der Waals surface area contributed by atoms with Crippen molar-refractivity contribution < 1.29 is 9.31 Å². The Bertz CT molecular complexity index is 692. The van der Waals surface area contributed by atoms with E-state index >= 15 is 0 Å². The summed E-state index contributed by atoms with van der Waals surface area (Å²) in [6.45, 7) is 0. The Morgan fingerprint density at radius 2 is 2.00 bits per heavy atom. The monoisotopic (exact) mass is 375 g/mol. The molecule has 0 amide bonds. The van der Waals surface area contributed by atoms with Crippen molar-refractivity contribution in [2.45, 2.75) is 0 Å². The van der Waals surface area contributed by atoms with E-state index in [0.717, 1.165) is 6.07 Å². The van der Waals surface area contributed by atoms with E-state index in [4.69, 9.17) is 17.4 Å². The number of pyridine rings is 1. The van der Waals surface area contributed by atoms with Crippen molar-refractivity contribution in [2.24, 2.45) is 5.84 Å². The summed E-state index contributed by atoms with van der Waals surface area (Å²) in [4.78, 5) is 14.3. The number of benzene rings is 1. The molecule has 1 aromatic heterocycles. The van der Waals surface area contributed by atoms with Gasteiger partial charge in [-0.15, -0.1) is 0 Å². The number of nitrogen functional groups attached to an aromatic ring is 1. The molecule has 110 valence electrons. The lowest BCUT2D eigenvalue weighted by molar-refractivity contribution is -0.384. The number of nitro groups is 1. The zero-order chi connectivity index (χ0) is 15.6. The average Bonchev–Trinajstić information content (AvgIpc) is 2.42. The third-order valence-electron chi connectivity index (χ3n) is 2.43. The number of hydrazine groups is 1. The average molecular weight is 377 g/mol. The van der Waals surface area contributed by atoms with Gasteiger partial charge in [0.25, 0.3) is 5.69 Å². The number of hydrogen-bond acceptors (Lipinski definition) is 6. The minimum atomic E-state index is -0.588. The third-order valence-corrected chi connectivity index (χ3v) is 3.35. The summed E-state index contributed by atoms with van der Waals surface area (Å²) < 4.78 is 13.5. The maximum absolute atomic E-state index is 13.2. The molecule has 0 unspecified atom stereocenters. The number of nitrogens with two attached hydrogens (primary N) is 1. The standard InChI is InChI=1S/C11H8BrClFN5O2/c12-7-1-5(14)2-8(13)11(7)17-9-3-6(19(20)21)4-10(16-9)18-15/h1-4H,15H2,(H2,16,17,18). The van der Waals surface area contributed by atoms with Gasteiger partial charge < -0.3 is 10.7 Å². The van der Waals surface area contributed by atoms with Gasteiger partial charge in [0.15, 0.2) is 0 Å². The van der Waals surface area contributed by atoms with Crippen molar-refractivity contribution in [3.05, 3.63) is 49.7 Å². The van der Waals surface area contributed by atoms with Gasteiger partial charge in [-0.2, -0.15) is 0 Å². The number of nitrogens with zero attached hydrogens (tertiary/aromatic N) is 2. The fourth-order valence-electron chi connectivity index (χ4n) is 1.55. The molecule has 4 N–H and O–H groups in total. The maximum atomic E-state index is 13.2. The first-order valence-electron chi connectivity index (χ1n) is 5.45. The molecule has 0 aliphatic heterocycles. The van der Waals surface area contributed by atoms with E-state index in [0.29, 0.717) is 10.2 Å². The van der Waals surface area contributed by atoms with Crippen molar-refractivity contribution in [3.63, 3.8) is 0 Å². The smallest absolute Gasteiger partial charge is 0.276 e. The molecule has 0 aliphatic carbocycles. The Labute approximate surface area is 131 Å². The van der Waals surface area contributed by atoms with E-state index in [1.807, 2.05) is 0 Å². The molecule has 0 radical (unpaired) electrons. The molecular weight excluding hydrogens is 369 g/mol. The first-order valence-corrected chi connectivity index (χ1v) is 6.62. The summed E-state index contributed by atoms with van der Waals surface area (Å²) in [7, 11) is 0. The Kier molecular flexibility index (Phi) is 4.56. The number of rotatable bonds is 4. The highest BCUT2D eigenvalue weighted by Crippen LogP contribution is 2.34. The molecule has 1 heterocycles. The van der Waals surface area contributed by atoms with Crippen LogP contribution in [0.5, 0.6) is 0 Å². The van der Waals surface area contributed by atoms with Crippen LogP contribution in [-0.2, 0) is 0 Å². The van der Waals surface area contributed by atoms with Crippen LogP contribution < -0.4 is 16.6 Å². The summed E-state index contributed by atoms with van der Waals surface area (Å²) in [6, 6.07) is 4.68. The van der Waals surface area contributed by atoms with Crippen molar-refractivity contribution in [3.8, 4) is 0 Å². The molecule has 0 spiro atoms. The molecule has 2 rings (SSSR count). The second-order valence-corrected chi connectivity index (χ2v) is 5.13. The lowest BCUT2D eigenvalue weighted by Gasteiger charge is -2.11. The molecule has 1 aromatic carbocycles. The molecule has 0 saturated heterocycles. The van der Waals surface area contributed by atoms with E-state index in [2.05, 4.69) is 31.7 Å². The third kappa shape index (κ3) is 3.57. The number of aromatic nitrogens is 1. The summed E-state index contributed by atoms with van der Waals surface area (Å²) in [5.74, 6) is 4.92. The number of halogens is 3. The SMILES string of the molecule is NNc1cc([N+](=O)[O-])cc(Nc2c(Cl)cc(F)cc2Br)n1. The minimum absolute atomic E-state index is 0.0949. The van der Waals surface area contributed by atoms with E-state index in [9.17, 15) is 14.5 Å². The fourth-order valence-corrected chi connectivity index (χ4v) is 2.45. The van der Waals surface area contributed by atoms with Crippen LogP contribution in [0.2, 0.25) is 5.02 Å². The van der Waals surface area contributed by atoms with Crippen LogP contribution in [0, 0.1) is 15.9 Å². The van der Waals surface area contributed by atoms with Crippen LogP contribution in [0.15, 0.2) is 28.7 Å². The summed E-state index contributed by atoms with van der Waals surface area (Å²) >= 11 is 9.08. The molecular formula is C11H8BrClFN5O2. The highest BCUT2D eigenvalue weighted by atomic mass is 79.9. The highest BCUT2D eigenvalue weighted by molar-refractivity contribution is 9.10. The van der Waals surface area contributed by atoms with Gasteiger partial charge in [0.1, 0.15) is 17.5 Å². The number of anilines is 3. The summed E-state index contributed by atoms with van der Waals surface area (Å²) in [6.07, 6.45) is 0. The van der Waals surface area contributed by atoms with Gasteiger partial charge in [0.2, 0.25) is 0 Å². The first-order chi connectivity index (χ1) is 9.90. The topological polar surface area (TPSA) is 106 Å². The van der Waals surface area contributed by atoms with Crippen LogP contribution in [-0.4, -0.2) is 9.91 Å². The second kappa shape index (κ2) is 6.20. The van der Waals surface area contributed by atoms with Crippen LogP contribution in [0.25, 0.3) is 0 Å². The molecule has 10 heteroatoms. The quantitative estimate of drug-likeness (QED) is 0.428. The predicted molar refractivity (Wildman–Crippen MR) is 81.1 cm³/mol. The molecule has 0 aliphatic rings. The number of hydrogen-bond donors (Lipinski definition) is 3. The summed E-state index contributed by atoms with van der Waals surface area (Å²) in [5, 5.41) is 13.7. The minimum Gasteiger partial charge on any atom is -0.338 e. The summed E-state index contributed by atoms with van der Waals surface area (Å²) in [5.41, 5.74) is 2.34. The molecule has 7 nitrogen and oxygen atoms in total. The van der Waals surface area contributed by atoms with E-state index < -0.39 is 10.7 Å². The largest absolute Gasteiger partial charge is 0.338 e. The first kappa shape index (κ1) is 15.4. The predicted octanol–water partition coefficient (Wildman–Crippen LogP) is 3.57. The lowest BCUT2D eigenvalue weighted by atomic mass is 10.3. The van der Waals surface area contributed by atoms with Gasteiger partial charge in [0, 0.05) is 4.47 Å². The Hall–Kier alpha value is -1.97. The zero-order valence-corrected chi connectivity index (χ0v) is 12.6. The second-order valence-electron chi connectivity index (χ2n) is 3.87. The van der Waals surface area contributed by atoms with Crippen LogP contribution >= 0.6 is 27.5 Å². The van der Waals surface area contributed by atoms with E-state index in [1.165, 1.54) is 18.2 Å². The van der Waals surface area contributed by atoms with Crippen LogP contribution in [0.4, 0.5) is 27.4 Å². The van der Waals surface area contributed by atoms with Gasteiger partial charge in [-0.25, -0.2) is 15.2 Å². The number of nitrogens with one attached hydrogen (secondary N) is 2. The Morgan fingerprint density at radius 3 is 2.57 bits per heavy atom. The maximum Gasteiger partial charge on any atom is 0.276 e.